The van der Waals surface area contributed by atoms with Crippen LogP contribution in [-0.4, -0.2) is 84.4 Å². The molecule has 1 aliphatic heterocycles. The van der Waals surface area contributed by atoms with Gasteiger partial charge in [0.25, 0.3) is 0 Å². The van der Waals surface area contributed by atoms with Gasteiger partial charge in [0, 0.05) is 64.0 Å². The molecule has 156 valence electrons. The molecule has 3 rings (SSSR count). The number of rotatable bonds is 9. The van der Waals surface area contributed by atoms with Gasteiger partial charge < -0.3 is 20.1 Å². The summed E-state index contributed by atoms with van der Waals surface area (Å²) in [7, 11) is 1.51. The van der Waals surface area contributed by atoms with Crippen molar-refractivity contribution in [2.24, 2.45) is 5.92 Å². The number of anilines is 1. The van der Waals surface area contributed by atoms with Crippen LogP contribution in [0.5, 0.6) is 0 Å². The number of piperazine rings is 1. The highest BCUT2D eigenvalue weighted by Crippen LogP contribution is 2.31. The maximum Gasteiger partial charge on any atom is 0.333 e. The molecule has 0 bridgehead atoms. The molecule has 7 nitrogen and oxygen atoms in total. The third-order valence-electron chi connectivity index (χ3n) is 6.25. The highest BCUT2D eigenvalue weighted by molar-refractivity contribution is 5.72. The molecule has 2 fully saturated rings. The predicted molar refractivity (Wildman–Crippen MR) is 110 cm³/mol. The zero-order valence-electron chi connectivity index (χ0n) is 16.9. The number of carbonyl (C=O) groups is 1. The Kier molecular flexibility index (Phi) is 8.06. The average molecular weight is 391 g/mol. The van der Waals surface area contributed by atoms with Crippen molar-refractivity contribution in [2.45, 2.75) is 44.2 Å². The fourth-order valence-electron chi connectivity index (χ4n) is 4.62. The molecule has 2 N–H and O–H groups in total. The Morgan fingerprint density at radius 3 is 2.50 bits per heavy atom. The van der Waals surface area contributed by atoms with Gasteiger partial charge in [0.2, 0.25) is 0 Å². The van der Waals surface area contributed by atoms with Gasteiger partial charge in [0.15, 0.2) is 6.10 Å². The van der Waals surface area contributed by atoms with Crippen LogP contribution in [0, 0.1) is 5.92 Å². The Hall–Kier alpha value is -1.70. The molecule has 28 heavy (non-hydrogen) atoms. The first-order valence-corrected chi connectivity index (χ1v) is 10.5. The van der Waals surface area contributed by atoms with Crippen molar-refractivity contribution in [3.8, 4) is 0 Å². The molecule has 2 aliphatic rings. The second-order valence-corrected chi connectivity index (χ2v) is 7.96. The monoisotopic (exact) mass is 390 g/mol. The largest absolute Gasteiger partial charge is 0.479 e. The number of nitrogens with one attached hydrogen (secondary N) is 1. The summed E-state index contributed by atoms with van der Waals surface area (Å²) < 4.78 is 5.19. The zero-order chi connectivity index (χ0) is 19.8. The topological polar surface area (TPSA) is 77.9 Å². The summed E-state index contributed by atoms with van der Waals surface area (Å²) in [5, 5.41) is 12.7. The fraction of sp³-hybridized carbons (Fsp3) is 0.714. The SMILES string of the molecule is COC(C(=O)O)C1CCC(N2CCN(CCCNc3ccncc3)CC2)CC1. The Bertz CT molecular complexity index is 585. The van der Waals surface area contributed by atoms with Crippen molar-refractivity contribution in [3.05, 3.63) is 24.5 Å². The van der Waals surface area contributed by atoms with E-state index in [1.54, 1.807) is 0 Å². The van der Waals surface area contributed by atoms with E-state index in [1.165, 1.54) is 7.11 Å². The molecule has 0 spiro atoms. The number of carboxylic acid groups (broad SMARTS) is 1. The van der Waals surface area contributed by atoms with Crippen LogP contribution >= 0.6 is 0 Å². The highest BCUT2D eigenvalue weighted by atomic mass is 16.5. The van der Waals surface area contributed by atoms with Gasteiger partial charge in [-0.15, -0.1) is 0 Å². The minimum atomic E-state index is -0.821. The van der Waals surface area contributed by atoms with Crippen molar-refractivity contribution in [2.75, 3.05) is 51.7 Å². The molecule has 2 heterocycles. The minimum Gasteiger partial charge on any atom is -0.479 e. The molecule has 0 radical (unpaired) electrons. The quantitative estimate of drug-likeness (QED) is 0.626. The van der Waals surface area contributed by atoms with E-state index in [-0.39, 0.29) is 5.92 Å². The molecule has 1 aromatic rings. The van der Waals surface area contributed by atoms with Crippen LogP contribution in [0.4, 0.5) is 5.69 Å². The van der Waals surface area contributed by atoms with Crippen molar-refractivity contribution in [1.82, 2.24) is 14.8 Å². The summed E-state index contributed by atoms with van der Waals surface area (Å²) in [6.45, 7) is 6.63. The summed E-state index contributed by atoms with van der Waals surface area (Å²) in [4.78, 5) is 20.5. The van der Waals surface area contributed by atoms with Gasteiger partial charge in [-0.3, -0.25) is 9.88 Å². The number of pyridine rings is 1. The second kappa shape index (κ2) is 10.7. The molecule has 1 saturated carbocycles. The molecule has 7 heteroatoms. The summed E-state index contributed by atoms with van der Waals surface area (Å²) in [6, 6.07) is 4.61. The zero-order valence-corrected chi connectivity index (χ0v) is 16.9. The molecule has 0 amide bonds. The Labute approximate surface area is 168 Å². The van der Waals surface area contributed by atoms with Crippen LogP contribution in [0.2, 0.25) is 0 Å². The van der Waals surface area contributed by atoms with E-state index in [9.17, 15) is 9.90 Å². The smallest absolute Gasteiger partial charge is 0.333 e. The third kappa shape index (κ3) is 5.90. The number of aliphatic carboxylic acids is 1. The summed E-state index contributed by atoms with van der Waals surface area (Å²) in [5.41, 5.74) is 1.13. The van der Waals surface area contributed by atoms with Crippen LogP contribution < -0.4 is 5.32 Å². The van der Waals surface area contributed by atoms with Crippen LogP contribution in [0.1, 0.15) is 32.1 Å². The first kappa shape index (κ1) is 21.0. The third-order valence-corrected chi connectivity index (χ3v) is 6.25. The molecule has 0 aromatic carbocycles. The van der Waals surface area contributed by atoms with Gasteiger partial charge in [-0.2, -0.15) is 0 Å². The minimum absolute atomic E-state index is 0.160. The van der Waals surface area contributed by atoms with Gasteiger partial charge in [-0.1, -0.05) is 0 Å². The van der Waals surface area contributed by atoms with E-state index in [1.807, 2.05) is 24.5 Å². The maximum atomic E-state index is 11.3. The average Bonchev–Trinajstić information content (AvgIpc) is 2.73. The van der Waals surface area contributed by atoms with E-state index in [4.69, 9.17) is 4.74 Å². The van der Waals surface area contributed by atoms with E-state index in [2.05, 4.69) is 20.1 Å². The Morgan fingerprint density at radius 1 is 1.21 bits per heavy atom. The summed E-state index contributed by atoms with van der Waals surface area (Å²) in [5.74, 6) is -0.661. The van der Waals surface area contributed by atoms with Crippen molar-refractivity contribution in [1.29, 1.82) is 0 Å². The molecular weight excluding hydrogens is 356 g/mol. The van der Waals surface area contributed by atoms with Crippen molar-refractivity contribution in [3.63, 3.8) is 0 Å². The van der Waals surface area contributed by atoms with Gasteiger partial charge in [0.1, 0.15) is 0 Å². The second-order valence-electron chi connectivity index (χ2n) is 7.96. The number of hydrogen-bond acceptors (Lipinski definition) is 6. The predicted octanol–water partition coefficient (Wildman–Crippen LogP) is 2.16. The lowest BCUT2D eigenvalue weighted by Crippen LogP contribution is -2.51. The lowest BCUT2D eigenvalue weighted by Gasteiger charge is -2.42. The summed E-state index contributed by atoms with van der Waals surface area (Å²) >= 11 is 0. The van der Waals surface area contributed by atoms with Crippen LogP contribution in [-0.2, 0) is 9.53 Å². The molecule has 1 saturated heterocycles. The number of aromatic nitrogens is 1. The van der Waals surface area contributed by atoms with E-state index < -0.39 is 12.1 Å². The first-order valence-electron chi connectivity index (χ1n) is 10.5. The number of nitrogens with zero attached hydrogens (tertiary/aromatic N) is 3. The summed E-state index contributed by atoms with van der Waals surface area (Å²) in [6.07, 6.45) is 8.21. The van der Waals surface area contributed by atoms with Crippen LogP contribution in [0.3, 0.4) is 0 Å². The standard InChI is InChI=1S/C21H34N4O3/c1-28-20(21(26)27)17-3-5-19(6-4-17)25-15-13-24(14-16-25)12-2-9-23-18-7-10-22-11-8-18/h7-8,10-11,17,19-20H,2-6,9,12-16H2,1H3,(H,22,23)(H,26,27). The van der Waals surface area contributed by atoms with E-state index in [0.29, 0.717) is 6.04 Å². The van der Waals surface area contributed by atoms with Gasteiger partial charge in [0.05, 0.1) is 0 Å². The molecule has 1 unspecified atom stereocenters. The van der Waals surface area contributed by atoms with Crippen LogP contribution in [0.25, 0.3) is 0 Å². The Balaban J connectivity index is 1.31. The normalized spacial score (nSPS) is 25.3. The van der Waals surface area contributed by atoms with Crippen molar-refractivity contribution >= 4 is 11.7 Å². The van der Waals surface area contributed by atoms with Gasteiger partial charge >= 0.3 is 5.97 Å². The van der Waals surface area contributed by atoms with Crippen LogP contribution in [0.15, 0.2) is 24.5 Å². The van der Waals surface area contributed by atoms with Crippen molar-refractivity contribution < 1.29 is 14.6 Å². The molecule has 1 atom stereocenters. The maximum absolute atomic E-state index is 11.3. The lowest BCUT2D eigenvalue weighted by molar-refractivity contribution is -0.153. The number of ether oxygens (including phenoxy) is 1. The molecular formula is C21H34N4O3. The number of carboxylic acids is 1. The van der Waals surface area contributed by atoms with Gasteiger partial charge in [-0.05, 0) is 56.7 Å². The van der Waals surface area contributed by atoms with Gasteiger partial charge in [-0.25, -0.2) is 4.79 Å². The Morgan fingerprint density at radius 2 is 1.89 bits per heavy atom. The lowest BCUT2D eigenvalue weighted by atomic mass is 9.82. The number of hydrogen-bond donors (Lipinski definition) is 2. The first-order chi connectivity index (χ1) is 13.7. The fourth-order valence-corrected chi connectivity index (χ4v) is 4.62. The molecule has 1 aliphatic carbocycles. The number of methoxy groups -OCH3 is 1. The highest BCUT2D eigenvalue weighted by Gasteiger charge is 2.34. The molecule has 1 aromatic heterocycles. The van der Waals surface area contributed by atoms with E-state index >= 15 is 0 Å². The van der Waals surface area contributed by atoms with E-state index in [0.717, 1.165) is 77.1 Å².